The molecule has 0 radical (unpaired) electrons. The fraction of sp³-hybridized carbons (Fsp3) is 0.500. The molecular formula is C28H32BrFN6O2S. The summed E-state index contributed by atoms with van der Waals surface area (Å²) in [5.74, 6) is 0.532. The molecule has 2 aromatic heterocycles. The number of aryl methyl sites for hydroxylation is 2. The summed E-state index contributed by atoms with van der Waals surface area (Å²) in [5, 5.41) is 5.28. The van der Waals surface area contributed by atoms with Gasteiger partial charge in [0.05, 0.1) is 29.0 Å². The van der Waals surface area contributed by atoms with Crippen LogP contribution in [0, 0.1) is 12.7 Å². The van der Waals surface area contributed by atoms with Gasteiger partial charge in [0.25, 0.3) is 5.91 Å². The number of hydrogen-bond acceptors (Lipinski definition) is 7. The Morgan fingerprint density at radius 1 is 1.21 bits per heavy atom. The van der Waals surface area contributed by atoms with Gasteiger partial charge in [-0.1, -0.05) is 11.8 Å². The standard InChI is InChI=1S/C28H32BrFN6O2S/c1-16-11-20(29)24(30)23-18(16)7-5-8-28(23)13-22-19(15-38-28)25(32-27(31-22)39-4)35-9-6-10-36-17(14-35)12-21(33-36)26(37)34(2)3/h11-12H,5-10,13-15H2,1-4H3. The number of amides is 1. The molecule has 0 fully saturated rings. The lowest BCUT2D eigenvalue weighted by atomic mass is 9.73. The number of hydrogen-bond donors (Lipinski definition) is 0. The first-order chi connectivity index (χ1) is 18.7. The molecule has 1 amide bonds. The number of carbonyl (C=O) groups is 1. The third-order valence-corrected chi connectivity index (χ3v) is 9.26. The monoisotopic (exact) mass is 614 g/mol. The summed E-state index contributed by atoms with van der Waals surface area (Å²) in [4.78, 5) is 26.2. The Labute approximate surface area is 240 Å². The van der Waals surface area contributed by atoms with Crippen molar-refractivity contribution in [1.29, 1.82) is 0 Å². The van der Waals surface area contributed by atoms with Gasteiger partial charge in [0.15, 0.2) is 10.9 Å². The van der Waals surface area contributed by atoms with Crippen LogP contribution < -0.4 is 4.90 Å². The predicted octanol–water partition coefficient (Wildman–Crippen LogP) is 5.02. The second-order valence-electron chi connectivity index (χ2n) is 10.8. The average Bonchev–Trinajstić information content (AvgIpc) is 3.21. The fourth-order valence-corrected chi connectivity index (χ4v) is 7.15. The number of thioether (sulfide) groups is 1. The van der Waals surface area contributed by atoms with Crippen molar-refractivity contribution in [1.82, 2.24) is 24.6 Å². The molecule has 2 aliphatic heterocycles. The van der Waals surface area contributed by atoms with Crippen LogP contribution in [0.4, 0.5) is 10.2 Å². The van der Waals surface area contributed by atoms with Gasteiger partial charge in [-0.05, 0) is 78.1 Å². The smallest absolute Gasteiger partial charge is 0.273 e. The molecule has 1 aromatic carbocycles. The van der Waals surface area contributed by atoms with E-state index in [9.17, 15) is 4.79 Å². The highest BCUT2D eigenvalue weighted by Crippen LogP contribution is 2.48. The Hall–Kier alpha value is -2.50. The molecule has 1 aliphatic carbocycles. The van der Waals surface area contributed by atoms with Crippen molar-refractivity contribution >= 4 is 39.4 Å². The molecule has 0 saturated carbocycles. The molecule has 0 bridgehead atoms. The second kappa shape index (κ2) is 10.2. The Bertz CT molecular complexity index is 1480. The molecule has 3 aromatic rings. The van der Waals surface area contributed by atoms with E-state index < -0.39 is 5.60 Å². The number of carbonyl (C=O) groups excluding carboxylic acids is 1. The lowest BCUT2D eigenvalue weighted by Crippen LogP contribution is -2.41. The van der Waals surface area contributed by atoms with Gasteiger partial charge in [-0.25, -0.2) is 14.4 Å². The van der Waals surface area contributed by atoms with Crippen LogP contribution >= 0.6 is 27.7 Å². The van der Waals surface area contributed by atoms with Crippen molar-refractivity contribution in [3.05, 3.63) is 61.8 Å². The highest BCUT2D eigenvalue weighted by molar-refractivity contribution is 9.10. The zero-order valence-electron chi connectivity index (χ0n) is 22.7. The summed E-state index contributed by atoms with van der Waals surface area (Å²) in [6.45, 7) is 4.49. The number of rotatable bonds is 3. The number of benzene rings is 1. The Morgan fingerprint density at radius 2 is 2.03 bits per heavy atom. The Kier molecular flexibility index (Phi) is 6.96. The van der Waals surface area contributed by atoms with E-state index in [0.29, 0.717) is 40.5 Å². The molecule has 6 rings (SSSR count). The molecule has 0 N–H and O–H groups in total. The van der Waals surface area contributed by atoms with E-state index in [1.165, 1.54) is 11.8 Å². The zero-order chi connectivity index (χ0) is 27.5. The van der Waals surface area contributed by atoms with Gasteiger partial charge in [0.2, 0.25) is 0 Å². The van der Waals surface area contributed by atoms with E-state index in [-0.39, 0.29) is 11.7 Å². The molecule has 11 heteroatoms. The van der Waals surface area contributed by atoms with Gasteiger partial charge in [-0.2, -0.15) is 5.10 Å². The largest absolute Gasteiger partial charge is 0.365 e. The predicted molar refractivity (Wildman–Crippen MR) is 152 cm³/mol. The van der Waals surface area contributed by atoms with E-state index in [2.05, 4.69) is 25.9 Å². The van der Waals surface area contributed by atoms with Crippen LogP contribution in [-0.4, -0.2) is 57.5 Å². The van der Waals surface area contributed by atoms with E-state index in [1.54, 1.807) is 19.0 Å². The first-order valence-corrected chi connectivity index (χ1v) is 15.3. The van der Waals surface area contributed by atoms with E-state index in [4.69, 9.17) is 14.7 Å². The number of anilines is 1. The lowest BCUT2D eigenvalue weighted by molar-refractivity contribution is -0.0879. The summed E-state index contributed by atoms with van der Waals surface area (Å²) < 4.78 is 24.8. The minimum Gasteiger partial charge on any atom is -0.365 e. The van der Waals surface area contributed by atoms with Gasteiger partial charge in [-0.3, -0.25) is 9.48 Å². The first-order valence-electron chi connectivity index (χ1n) is 13.3. The minimum absolute atomic E-state index is 0.105. The van der Waals surface area contributed by atoms with E-state index >= 15 is 4.39 Å². The maximum Gasteiger partial charge on any atom is 0.273 e. The topological polar surface area (TPSA) is 76.4 Å². The number of nitrogens with zero attached hydrogens (tertiary/aromatic N) is 6. The van der Waals surface area contributed by atoms with E-state index in [0.717, 1.165) is 72.7 Å². The lowest BCUT2D eigenvalue weighted by Gasteiger charge is -2.43. The van der Waals surface area contributed by atoms with Crippen molar-refractivity contribution in [2.75, 3.05) is 31.8 Å². The number of fused-ring (bicyclic) bond motifs is 4. The maximum absolute atomic E-state index is 15.7. The summed E-state index contributed by atoms with van der Waals surface area (Å²) in [5.41, 5.74) is 5.44. The van der Waals surface area contributed by atoms with Gasteiger partial charge in [0, 0.05) is 44.7 Å². The molecule has 206 valence electrons. The van der Waals surface area contributed by atoms with Crippen LogP contribution in [0.3, 0.4) is 0 Å². The third-order valence-electron chi connectivity index (χ3n) is 8.13. The Balaban J connectivity index is 1.39. The normalized spacial score (nSPS) is 20.3. The molecule has 3 aliphatic rings. The van der Waals surface area contributed by atoms with Gasteiger partial charge in [-0.15, -0.1) is 0 Å². The van der Waals surface area contributed by atoms with Crippen LogP contribution in [0.15, 0.2) is 21.8 Å². The van der Waals surface area contributed by atoms with Gasteiger partial charge in [0.1, 0.15) is 17.2 Å². The van der Waals surface area contributed by atoms with Crippen molar-refractivity contribution in [3.63, 3.8) is 0 Å². The summed E-state index contributed by atoms with van der Waals surface area (Å²) in [6.07, 6.45) is 5.92. The fourth-order valence-electron chi connectivity index (χ4n) is 6.23. The number of ether oxygens (including phenoxy) is 1. The average molecular weight is 616 g/mol. The highest BCUT2D eigenvalue weighted by atomic mass is 79.9. The van der Waals surface area contributed by atoms with E-state index in [1.807, 2.05) is 30.0 Å². The van der Waals surface area contributed by atoms with Crippen LogP contribution in [0.1, 0.15) is 63.4 Å². The van der Waals surface area contributed by atoms with Crippen molar-refractivity contribution in [3.8, 4) is 0 Å². The molecular weight excluding hydrogens is 583 g/mol. The van der Waals surface area contributed by atoms with Crippen molar-refractivity contribution < 1.29 is 13.9 Å². The van der Waals surface area contributed by atoms with Gasteiger partial charge >= 0.3 is 0 Å². The molecule has 1 atom stereocenters. The molecule has 39 heavy (non-hydrogen) atoms. The first kappa shape index (κ1) is 26.7. The van der Waals surface area contributed by atoms with Gasteiger partial charge < -0.3 is 14.5 Å². The molecule has 1 unspecified atom stereocenters. The molecule has 0 saturated heterocycles. The number of halogens is 2. The summed E-state index contributed by atoms with van der Waals surface area (Å²) in [7, 11) is 3.47. The van der Waals surface area contributed by atoms with Crippen LogP contribution in [0.2, 0.25) is 0 Å². The quantitative estimate of drug-likeness (QED) is 0.303. The van der Waals surface area contributed by atoms with Crippen molar-refractivity contribution in [2.24, 2.45) is 0 Å². The molecule has 4 heterocycles. The highest BCUT2D eigenvalue weighted by Gasteiger charge is 2.45. The van der Waals surface area contributed by atoms with Crippen LogP contribution in [0.25, 0.3) is 0 Å². The zero-order valence-corrected chi connectivity index (χ0v) is 25.1. The second-order valence-corrected chi connectivity index (χ2v) is 12.5. The van der Waals surface area contributed by atoms with Crippen molar-refractivity contribution in [2.45, 2.75) is 69.5 Å². The molecule has 1 spiro atoms. The summed E-state index contributed by atoms with van der Waals surface area (Å²) >= 11 is 4.95. The van der Waals surface area contributed by atoms with Crippen LogP contribution in [-0.2, 0) is 42.9 Å². The third kappa shape index (κ3) is 4.56. The molecule has 8 nitrogen and oxygen atoms in total. The van der Waals surface area contributed by atoms with Crippen LogP contribution in [0.5, 0.6) is 0 Å². The SMILES string of the molecule is CSc1nc2c(c(N3CCCn4nc(C(=O)N(C)C)cc4C3)n1)COC1(CCCc3c(C)cc(Br)c(F)c31)C2. The Morgan fingerprint density at radius 3 is 2.79 bits per heavy atom. The summed E-state index contributed by atoms with van der Waals surface area (Å²) in [6, 6.07) is 3.76. The minimum atomic E-state index is -0.737. The number of aromatic nitrogens is 4. The maximum atomic E-state index is 15.7.